The predicted octanol–water partition coefficient (Wildman–Crippen LogP) is 9.30. The quantitative estimate of drug-likeness (QED) is 0.138. The van der Waals surface area contributed by atoms with Crippen LogP contribution in [0.4, 0.5) is 21.0 Å². The first kappa shape index (κ1) is 40.7. The lowest BCUT2D eigenvalue weighted by atomic mass is 10.1. The summed E-state index contributed by atoms with van der Waals surface area (Å²) in [4.78, 5) is 41.5. The second kappa shape index (κ2) is 18.9. The fraction of sp³-hybridized carbons (Fsp3) is 0.208. The van der Waals surface area contributed by atoms with Gasteiger partial charge in [0, 0.05) is 109 Å². The third-order valence-corrected chi connectivity index (χ3v) is 11.1. The number of H-pyrrole nitrogens is 1. The third-order valence-electron chi connectivity index (χ3n) is 10.9. The van der Waals surface area contributed by atoms with Crippen LogP contribution in [0.5, 0.6) is 0 Å². The van der Waals surface area contributed by atoms with Crippen molar-refractivity contribution in [3.05, 3.63) is 158 Å². The number of fused-ring (bicyclic) bond motifs is 2. The van der Waals surface area contributed by atoms with Gasteiger partial charge in [0.05, 0.1) is 23.4 Å². The molecule has 0 bridgehead atoms. The van der Waals surface area contributed by atoms with Gasteiger partial charge in [-0.3, -0.25) is 19.9 Å². The molecule has 308 valence electrons. The molecule has 4 aromatic heterocycles. The van der Waals surface area contributed by atoms with E-state index in [1.54, 1.807) is 11.1 Å². The summed E-state index contributed by atoms with van der Waals surface area (Å²) in [6.45, 7) is 9.85. The molecule has 0 unspecified atom stereocenters. The molecular weight excluding hydrogens is 784 g/mol. The molecule has 0 radical (unpaired) electrons. The van der Waals surface area contributed by atoms with E-state index in [4.69, 9.17) is 11.6 Å². The van der Waals surface area contributed by atoms with Gasteiger partial charge in [-0.2, -0.15) is 14.9 Å². The Hall–Kier alpha value is -7.05. The average molecular weight is 831 g/mol. The molecule has 12 nitrogen and oxygen atoms in total. The number of amides is 2. The molecule has 2 saturated heterocycles. The van der Waals surface area contributed by atoms with Crippen LogP contribution in [0.25, 0.3) is 44.1 Å². The second-order valence-electron chi connectivity index (χ2n) is 15.0. The zero-order chi connectivity index (χ0) is 42.1. The molecule has 6 heterocycles. The van der Waals surface area contributed by atoms with E-state index in [0.29, 0.717) is 26.2 Å². The molecule has 0 saturated carbocycles. The molecule has 8 aromatic rings. The van der Waals surface area contributed by atoms with E-state index in [1.807, 2.05) is 122 Å². The largest absolute Gasteiger partial charge is 0.367 e. The van der Waals surface area contributed by atoms with E-state index < -0.39 is 0 Å². The number of rotatable bonds is 4. The van der Waals surface area contributed by atoms with Crippen LogP contribution >= 0.6 is 11.6 Å². The van der Waals surface area contributed by atoms with E-state index in [0.717, 1.165) is 76.1 Å². The summed E-state index contributed by atoms with van der Waals surface area (Å²) < 4.78 is 1.45. The van der Waals surface area contributed by atoms with Crippen LogP contribution in [0.3, 0.4) is 0 Å². The number of aromatic amines is 1. The molecular formula is C48H47ClN10O2. The molecule has 1 N–H and O–H groups in total. The number of carbonyl (C=O) groups excluding carboxylic acids is 2. The van der Waals surface area contributed by atoms with Gasteiger partial charge < -0.3 is 19.6 Å². The van der Waals surface area contributed by atoms with Crippen LogP contribution < -0.4 is 9.80 Å². The minimum Gasteiger partial charge on any atom is -0.367 e. The summed E-state index contributed by atoms with van der Waals surface area (Å²) in [7, 11) is 0. The lowest BCUT2D eigenvalue weighted by Crippen LogP contribution is -2.50. The second-order valence-corrected chi connectivity index (χ2v) is 15.3. The number of nitrogens with zero attached hydrogens (tertiary/aromatic N) is 9. The van der Waals surface area contributed by atoms with E-state index in [-0.39, 0.29) is 11.4 Å². The summed E-state index contributed by atoms with van der Waals surface area (Å²) in [5.41, 5.74) is 10.7. The van der Waals surface area contributed by atoms with Crippen LogP contribution in [0.15, 0.2) is 146 Å². The van der Waals surface area contributed by atoms with Crippen LogP contribution in [-0.2, 0) is 0 Å². The van der Waals surface area contributed by atoms with Crippen molar-refractivity contribution in [2.45, 2.75) is 13.8 Å². The summed E-state index contributed by atoms with van der Waals surface area (Å²) >= 11 is 5.53. The van der Waals surface area contributed by atoms with Crippen molar-refractivity contribution in [3.8, 4) is 22.3 Å². The highest BCUT2D eigenvalue weighted by Gasteiger charge is 2.25. The standard InChI is InChI=1S/C24H23N5O.C15H16ClN3O.C9H8N2/c1-18-15-23(21-9-5-6-10-22(21)26-18)27-11-13-28(14-12-27)24(30)29-17-20(16-25-29)19-7-3-2-4-8-19;1-11-10-14(12-4-2-3-5-13(12)17-11)18-6-8-19(9-7-18)15(16)20;1-2-4-8(5-3-1)9-6-10-11-7-9/h2-10,15-17H,11-14H2,1H3;2-5,10H,6-9H2,1H3;1-7H,(H,10,11). The van der Waals surface area contributed by atoms with Crippen molar-refractivity contribution in [3.63, 3.8) is 0 Å². The number of hydrogen-bond acceptors (Lipinski definition) is 8. The van der Waals surface area contributed by atoms with Gasteiger partial charge in [-0.05, 0) is 60.8 Å². The number of benzene rings is 4. The summed E-state index contributed by atoms with van der Waals surface area (Å²) in [5.74, 6) is 0. The van der Waals surface area contributed by atoms with Crippen LogP contribution in [-0.4, -0.2) is 104 Å². The van der Waals surface area contributed by atoms with E-state index in [2.05, 4.69) is 71.5 Å². The highest BCUT2D eigenvalue weighted by atomic mass is 35.5. The number of carbonyl (C=O) groups is 2. The minimum absolute atomic E-state index is 0.0763. The molecule has 0 atom stereocenters. The van der Waals surface area contributed by atoms with Crippen molar-refractivity contribution < 1.29 is 9.59 Å². The van der Waals surface area contributed by atoms with Gasteiger partial charge in [0.15, 0.2) is 0 Å². The van der Waals surface area contributed by atoms with Gasteiger partial charge in [-0.25, -0.2) is 4.79 Å². The lowest BCUT2D eigenvalue weighted by Gasteiger charge is -2.36. The topological polar surface area (TPSA) is 119 Å². The maximum Gasteiger partial charge on any atom is 0.344 e. The minimum atomic E-state index is -0.361. The summed E-state index contributed by atoms with van der Waals surface area (Å²) in [6.07, 6.45) is 7.25. The number of aryl methyl sites for hydroxylation is 2. The number of piperazine rings is 2. The molecule has 2 aliphatic rings. The monoisotopic (exact) mass is 830 g/mol. The Morgan fingerprint density at radius 1 is 0.557 bits per heavy atom. The molecule has 2 aliphatic heterocycles. The number of anilines is 2. The SMILES string of the molecule is Cc1cc(N2CCN(C(=O)Cl)CC2)c2ccccc2n1.Cc1cc(N2CCN(C(=O)n3cc(-c4ccccc4)cn3)CC2)c2ccccc2n1.c1ccc(-c2cn[nH]c2)cc1. The zero-order valence-corrected chi connectivity index (χ0v) is 35.0. The maximum absolute atomic E-state index is 13.0. The molecule has 2 fully saturated rings. The Morgan fingerprint density at radius 3 is 1.52 bits per heavy atom. The number of para-hydroxylation sites is 2. The number of halogens is 1. The average Bonchev–Trinajstić information content (AvgIpc) is 4.04. The van der Waals surface area contributed by atoms with Crippen LogP contribution in [0.1, 0.15) is 11.4 Å². The molecule has 4 aromatic carbocycles. The molecule has 0 spiro atoms. The maximum atomic E-state index is 13.0. The zero-order valence-electron chi connectivity index (χ0n) is 34.2. The van der Waals surface area contributed by atoms with Gasteiger partial charge >= 0.3 is 11.4 Å². The first-order valence-electron chi connectivity index (χ1n) is 20.4. The smallest absolute Gasteiger partial charge is 0.344 e. The van der Waals surface area contributed by atoms with E-state index in [1.165, 1.54) is 21.6 Å². The van der Waals surface area contributed by atoms with Crippen molar-refractivity contribution in [2.24, 2.45) is 0 Å². The van der Waals surface area contributed by atoms with Crippen molar-refractivity contribution in [2.75, 3.05) is 62.2 Å². The normalized spacial score (nSPS) is 14.0. The molecule has 2 amide bonds. The Bertz CT molecular complexity index is 2710. The summed E-state index contributed by atoms with van der Waals surface area (Å²) in [5, 5.41) is 12.9. The highest BCUT2D eigenvalue weighted by molar-refractivity contribution is 6.62. The summed E-state index contributed by atoms with van der Waals surface area (Å²) in [6, 6.07) is 40.7. The number of nitrogens with one attached hydrogen (secondary N) is 1. The Kier molecular flexibility index (Phi) is 12.6. The fourth-order valence-electron chi connectivity index (χ4n) is 7.75. The van der Waals surface area contributed by atoms with Crippen molar-refractivity contribution in [1.29, 1.82) is 0 Å². The van der Waals surface area contributed by atoms with Crippen molar-refractivity contribution in [1.82, 2.24) is 39.7 Å². The third kappa shape index (κ3) is 9.71. The van der Waals surface area contributed by atoms with Gasteiger partial charge in [-0.15, -0.1) is 0 Å². The van der Waals surface area contributed by atoms with Crippen LogP contribution in [0, 0.1) is 13.8 Å². The first-order chi connectivity index (χ1) is 29.8. The van der Waals surface area contributed by atoms with Gasteiger partial charge in [0.1, 0.15) is 0 Å². The van der Waals surface area contributed by atoms with Crippen LogP contribution in [0.2, 0.25) is 0 Å². The highest BCUT2D eigenvalue weighted by Crippen LogP contribution is 2.29. The molecule has 0 aliphatic carbocycles. The molecule has 10 rings (SSSR count). The number of hydrogen-bond donors (Lipinski definition) is 1. The first-order valence-corrected chi connectivity index (χ1v) is 20.8. The lowest BCUT2D eigenvalue weighted by molar-refractivity contribution is 0.193. The van der Waals surface area contributed by atoms with Gasteiger partial charge in [0.2, 0.25) is 0 Å². The number of pyridine rings is 2. The van der Waals surface area contributed by atoms with E-state index >= 15 is 0 Å². The van der Waals surface area contributed by atoms with Gasteiger partial charge in [0.25, 0.3) is 0 Å². The van der Waals surface area contributed by atoms with Gasteiger partial charge in [-0.1, -0.05) is 97.1 Å². The Labute approximate surface area is 360 Å². The molecule has 61 heavy (non-hydrogen) atoms. The number of aromatic nitrogens is 6. The fourth-order valence-corrected chi connectivity index (χ4v) is 7.92. The predicted molar refractivity (Wildman–Crippen MR) is 244 cm³/mol. The molecule has 13 heteroatoms. The van der Waals surface area contributed by atoms with Crippen molar-refractivity contribution >= 4 is 56.2 Å². The Morgan fingerprint density at radius 2 is 1.03 bits per heavy atom. The van der Waals surface area contributed by atoms with E-state index in [9.17, 15) is 9.59 Å². The Balaban J connectivity index is 0.000000142.